The Morgan fingerprint density at radius 1 is 1.56 bits per heavy atom. The summed E-state index contributed by atoms with van der Waals surface area (Å²) in [6.07, 6.45) is 2.57. The molecule has 0 fully saturated rings. The van der Waals surface area contributed by atoms with Gasteiger partial charge in [0.05, 0.1) is 11.3 Å². The van der Waals surface area contributed by atoms with Crippen molar-refractivity contribution in [2.45, 2.75) is 0 Å². The second-order valence-corrected chi connectivity index (χ2v) is 7.06. The Morgan fingerprint density at radius 3 is 2.72 bits per heavy atom. The van der Waals surface area contributed by atoms with Gasteiger partial charge in [-0.1, -0.05) is 0 Å². The predicted octanol–water partition coefficient (Wildman–Crippen LogP) is 0.543. The highest BCUT2D eigenvalue weighted by Crippen LogP contribution is 2.18. The zero-order valence-electron chi connectivity index (χ0n) is 10.1. The summed E-state index contributed by atoms with van der Waals surface area (Å²) >= 11 is 3.21. The minimum Gasteiger partial charge on any atom is -0.384 e. The second kappa shape index (κ2) is 5.66. The number of hydrogen-bond donors (Lipinski definition) is 1. The molecule has 100 valence electrons. The molecule has 0 aliphatic carbocycles. The number of halogens is 1. The van der Waals surface area contributed by atoms with Crippen LogP contribution >= 0.6 is 15.9 Å². The minimum absolute atomic E-state index is 0.0760. The number of nitrogens with zero attached hydrogens (tertiary/aromatic N) is 2. The molecule has 0 radical (unpaired) electrons. The summed E-state index contributed by atoms with van der Waals surface area (Å²) in [6.45, 7) is 0.131. The number of pyridine rings is 1. The average Bonchev–Trinajstić information content (AvgIpc) is 2.27. The Labute approximate surface area is 114 Å². The number of rotatable bonds is 4. The molecule has 18 heavy (non-hydrogen) atoms. The molecule has 1 aromatic heterocycles. The lowest BCUT2D eigenvalue weighted by Crippen LogP contribution is -2.31. The zero-order chi connectivity index (χ0) is 13.9. The number of hydrogen-bond acceptors (Lipinski definition) is 5. The van der Waals surface area contributed by atoms with Gasteiger partial charge >= 0.3 is 0 Å². The summed E-state index contributed by atoms with van der Waals surface area (Å²) in [5, 5.41) is 0. The highest BCUT2D eigenvalue weighted by molar-refractivity contribution is 9.10. The van der Waals surface area contributed by atoms with Crippen molar-refractivity contribution in [1.29, 1.82) is 0 Å². The number of nitrogen functional groups attached to an aromatic ring is 1. The van der Waals surface area contributed by atoms with Crippen molar-refractivity contribution in [3.8, 4) is 0 Å². The number of carbonyl (C=O) groups excluding carboxylic acids is 1. The first-order chi connectivity index (χ1) is 8.20. The van der Waals surface area contributed by atoms with E-state index in [9.17, 15) is 13.2 Å². The molecule has 0 saturated heterocycles. The van der Waals surface area contributed by atoms with E-state index < -0.39 is 9.84 Å². The summed E-state index contributed by atoms with van der Waals surface area (Å²) < 4.78 is 22.6. The van der Waals surface area contributed by atoms with Gasteiger partial charge in [0, 0.05) is 30.5 Å². The van der Waals surface area contributed by atoms with Crippen LogP contribution in [0.4, 0.5) is 5.82 Å². The number of nitrogens with two attached hydrogens (primary N) is 1. The topological polar surface area (TPSA) is 93.4 Å². The molecule has 0 aliphatic heterocycles. The van der Waals surface area contributed by atoms with Gasteiger partial charge in [-0.05, 0) is 22.0 Å². The molecule has 0 saturated carbocycles. The highest BCUT2D eigenvalue weighted by Gasteiger charge is 2.17. The van der Waals surface area contributed by atoms with E-state index in [1.807, 2.05) is 0 Å². The van der Waals surface area contributed by atoms with Crippen LogP contribution < -0.4 is 5.73 Å². The predicted molar refractivity (Wildman–Crippen MR) is 73.0 cm³/mol. The molecule has 0 aliphatic rings. The van der Waals surface area contributed by atoms with E-state index in [1.165, 1.54) is 24.2 Å². The Bertz CT molecular complexity index is 559. The van der Waals surface area contributed by atoms with Gasteiger partial charge < -0.3 is 10.6 Å². The normalized spacial score (nSPS) is 11.3. The summed E-state index contributed by atoms with van der Waals surface area (Å²) in [7, 11) is -1.56. The fraction of sp³-hybridized carbons (Fsp3) is 0.400. The molecular weight excluding hydrogens is 322 g/mol. The quantitative estimate of drug-likeness (QED) is 0.866. The van der Waals surface area contributed by atoms with E-state index in [2.05, 4.69) is 20.9 Å². The zero-order valence-corrected chi connectivity index (χ0v) is 12.5. The van der Waals surface area contributed by atoms with E-state index in [-0.39, 0.29) is 24.0 Å². The maximum atomic E-state index is 12.1. The van der Waals surface area contributed by atoms with Crippen LogP contribution in [0.5, 0.6) is 0 Å². The van der Waals surface area contributed by atoms with Gasteiger partial charge in [-0.25, -0.2) is 13.4 Å². The maximum Gasteiger partial charge on any atom is 0.254 e. The van der Waals surface area contributed by atoms with Crippen LogP contribution in [0.3, 0.4) is 0 Å². The second-order valence-electron chi connectivity index (χ2n) is 3.95. The van der Waals surface area contributed by atoms with Crippen LogP contribution in [0.25, 0.3) is 0 Å². The molecule has 8 heteroatoms. The Balaban J connectivity index is 2.83. The molecular formula is C10H14BrN3O3S. The van der Waals surface area contributed by atoms with Gasteiger partial charge in [-0.2, -0.15) is 0 Å². The number of anilines is 1. The van der Waals surface area contributed by atoms with Crippen LogP contribution in [-0.2, 0) is 9.84 Å². The summed E-state index contributed by atoms with van der Waals surface area (Å²) in [5.41, 5.74) is 5.87. The molecule has 0 unspecified atom stereocenters. The number of sulfone groups is 1. The van der Waals surface area contributed by atoms with Crippen LogP contribution in [0.15, 0.2) is 16.7 Å². The van der Waals surface area contributed by atoms with Gasteiger partial charge in [0.25, 0.3) is 5.91 Å². The third-order valence-corrected chi connectivity index (χ3v) is 3.81. The summed E-state index contributed by atoms with van der Waals surface area (Å²) in [6, 6.07) is 1.45. The van der Waals surface area contributed by atoms with Crippen LogP contribution in [0, 0.1) is 0 Å². The molecule has 1 heterocycles. The van der Waals surface area contributed by atoms with Gasteiger partial charge in [0.15, 0.2) is 0 Å². The molecule has 2 N–H and O–H groups in total. The Hall–Kier alpha value is -1.15. The van der Waals surface area contributed by atoms with Gasteiger partial charge in [-0.3, -0.25) is 4.79 Å². The van der Waals surface area contributed by atoms with E-state index in [0.29, 0.717) is 10.0 Å². The molecule has 1 amide bonds. The molecule has 0 atom stereocenters. The lowest BCUT2D eigenvalue weighted by atomic mass is 10.2. The van der Waals surface area contributed by atoms with Crippen molar-refractivity contribution in [3.05, 3.63) is 22.3 Å². The van der Waals surface area contributed by atoms with Crippen LogP contribution in [0.1, 0.15) is 10.4 Å². The summed E-state index contributed by atoms with van der Waals surface area (Å²) in [4.78, 5) is 17.2. The average molecular weight is 336 g/mol. The fourth-order valence-corrected chi connectivity index (χ4v) is 2.22. The van der Waals surface area contributed by atoms with Crippen LogP contribution in [-0.4, -0.2) is 49.8 Å². The van der Waals surface area contributed by atoms with E-state index in [4.69, 9.17) is 5.73 Å². The van der Waals surface area contributed by atoms with Crippen molar-refractivity contribution in [3.63, 3.8) is 0 Å². The summed E-state index contributed by atoms with van der Waals surface area (Å²) in [5.74, 6) is -0.148. The Morgan fingerprint density at radius 2 is 2.17 bits per heavy atom. The first-order valence-corrected chi connectivity index (χ1v) is 7.90. The molecule has 1 aromatic rings. The first-order valence-electron chi connectivity index (χ1n) is 5.05. The third kappa shape index (κ3) is 4.26. The first kappa shape index (κ1) is 14.9. The molecule has 0 spiro atoms. The van der Waals surface area contributed by atoms with Gasteiger partial charge in [0.2, 0.25) is 0 Å². The van der Waals surface area contributed by atoms with E-state index in [0.717, 1.165) is 6.26 Å². The number of amides is 1. The minimum atomic E-state index is -3.10. The molecule has 6 nitrogen and oxygen atoms in total. The standard InChI is InChI=1S/C10H14BrN3O3S/c1-14(3-4-18(2,16)17)10(15)7-5-9(12)13-6-8(7)11/h5-6H,3-4H2,1-2H3,(H2,12,13). The smallest absolute Gasteiger partial charge is 0.254 e. The largest absolute Gasteiger partial charge is 0.384 e. The number of aromatic nitrogens is 1. The molecule has 1 rings (SSSR count). The van der Waals surface area contributed by atoms with E-state index >= 15 is 0 Å². The SMILES string of the molecule is CN(CCS(C)(=O)=O)C(=O)c1cc(N)ncc1Br. The van der Waals surface area contributed by atoms with Crippen molar-refractivity contribution in [2.75, 3.05) is 31.3 Å². The van der Waals surface area contributed by atoms with E-state index in [1.54, 1.807) is 0 Å². The third-order valence-electron chi connectivity index (χ3n) is 2.25. The van der Waals surface area contributed by atoms with Crippen molar-refractivity contribution in [1.82, 2.24) is 9.88 Å². The Kier molecular flexibility index (Phi) is 4.69. The number of carbonyl (C=O) groups is 1. The fourth-order valence-electron chi connectivity index (χ4n) is 1.23. The lowest BCUT2D eigenvalue weighted by Gasteiger charge is -2.17. The van der Waals surface area contributed by atoms with Crippen molar-refractivity contribution < 1.29 is 13.2 Å². The highest BCUT2D eigenvalue weighted by atomic mass is 79.9. The monoisotopic (exact) mass is 335 g/mol. The molecule has 0 aromatic carbocycles. The maximum absolute atomic E-state index is 12.1. The molecule has 0 bridgehead atoms. The van der Waals surface area contributed by atoms with Gasteiger partial charge in [-0.15, -0.1) is 0 Å². The van der Waals surface area contributed by atoms with Gasteiger partial charge in [0.1, 0.15) is 15.7 Å². The van der Waals surface area contributed by atoms with Crippen LogP contribution in [0.2, 0.25) is 0 Å². The van der Waals surface area contributed by atoms with Crippen molar-refractivity contribution >= 4 is 37.5 Å². The lowest BCUT2D eigenvalue weighted by molar-refractivity contribution is 0.0802. The van der Waals surface area contributed by atoms with Crippen molar-refractivity contribution in [2.24, 2.45) is 0 Å².